The van der Waals surface area contributed by atoms with E-state index in [4.69, 9.17) is 4.74 Å². The van der Waals surface area contributed by atoms with Crippen LogP contribution < -0.4 is 5.32 Å². The highest BCUT2D eigenvalue weighted by atomic mass is 16.5. The van der Waals surface area contributed by atoms with Crippen molar-refractivity contribution in [2.45, 2.75) is 51.3 Å². The zero-order chi connectivity index (χ0) is 12.1. The van der Waals surface area contributed by atoms with E-state index in [1.807, 2.05) is 0 Å². The molecule has 0 saturated heterocycles. The Morgan fingerprint density at radius 1 is 1.53 bits per heavy atom. The second-order valence-electron chi connectivity index (χ2n) is 4.58. The number of hydrogen-bond donors (Lipinski definition) is 1. The van der Waals surface area contributed by atoms with Gasteiger partial charge in [-0.2, -0.15) is 5.10 Å². The van der Waals surface area contributed by atoms with Gasteiger partial charge in [0.1, 0.15) is 12.2 Å². The number of methoxy groups -OCH3 is 1. The van der Waals surface area contributed by atoms with Crippen molar-refractivity contribution in [3.8, 4) is 0 Å². The zero-order valence-electron chi connectivity index (χ0n) is 10.7. The number of ether oxygens (including phenoxy) is 1. The summed E-state index contributed by atoms with van der Waals surface area (Å²) in [5.74, 6) is 1.04. The van der Waals surface area contributed by atoms with Gasteiger partial charge in [0.05, 0.1) is 18.7 Å². The van der Waals surface area contributed by atoms with Gasteiger partial charge in [-0.1, -0.05) is 6.92 Å². The molecular weight excluding hydrogens is 216 g/mol. The first-order valence-corrected chi connectivity index (χ1v) is 6.47. The molecular formula is C12H22N4O. The second-order valence-corrected chi connectivity index (χ2v) is 4.58. The molecule has 5 nitrogen and oxygen atoms in total. The predicted octanol–water partition coefficient (Wildman–Crippen LogP) is 1.52. The van der Waals surface area contributed by atoms with Crippen molar-refractivity contribution >= 4 is 0 Å². The third-order valence-corrected chi connectivity index (χ3v) is 3.46. The largest absolute Gasteiger partial charge is 0.381 e. The molecule has 5 heteroatoms. The van der Waals surface area contributed by atoms with Crippen molar-refractivity contribution < 1.29 is 4.74 Å². The van der Waals surface area contributed by atoms with Gasteiger partial charge in [-0.05, 0) is 32.2 Å². The molecule has 2 unspecified atom stereocenters. The minimum absolute atomic E-state index is 0.380. The maximum atomic E-state index is 5.46. The highest BCUT2D eigenvalue weighted by molar-refractivity contribution is 4.89. The van der Waals surface area contributed by atoms with Crippen LogP contribution in [0.4, 0.5) is 0 Å². The van der Waals surface area contributed by atoms with E-state index in [9.17, 15) is 0 Å². The summed E-state index contributed by atoms with van der Waals surface area (Å²) in [6.45, 7) is 3.85. The van der Waals surface area contributed by atoms with Crippen molar-refractivity contribution in [1.29, 1.82) is 0 Å². The standard InChI is InChI=1S/C12H22N4O/c1-3-13-8-12-14-9-15-16(12)10-5-4-6-11(7-10)17-2/h9-11,13H,3-8H2,1-2H3. The Hall–Kier alpha value is -0.940. The Bertz CT molecular complexity index is 339. The van der Waals surface area contributed by atoms with Gasteiger partial charge in [-0.25, -0.2) is 9.67 Å². The summed E-state index contributed by atoms with van der Waals surface area (Å²) in [7, 11) is 1.80. The average molecular weight is 238 g/mol. The number of nitrogens with zero attached hydrogens (tertiary/aromatic N) is 3. The van der Waals surface area contributed by atoms with Gasteiger partial charge in [-0.15, -0.1) is 0 Å². The van der Waals surface area contributed by atoms with Gasteiger partial charge in [0.15, 0.2) is 0 Å². The average Bonchev–Trinajstić information content (AvgIpc) is 2.84. The molecule has 1 aromatic rings. The van der Waals surface area contributed by atoms with Crippen molar-refractivity contribution in [3.63, 3.8) is 0 Å². The smallest absolute Gasteiger partial charge is 0.141 e. The fourth-order valence-corrected chi connectivity index (χ4v) is 2.50. The predicted molar refractivity (Wildman–Crippen MR) is 65.7 cm³/mol. The van der Waals surface area contributed by atoms with Gasteiger partial charge in [0.2, 0.25) is 0 Å². The fraction of sp³-hybridized carbons (Fsp3) is 0.833. The molecule has 17 heavy (non-hydrogen) atoms. The van der Waals surface area contributed by atoms with E-state index < -0.39 is 0 Å². The van der Waals surface area contributed by atoms with E-state index in [-0.39, 0.29) is 0 Å². The first kappa shape index (κ1) is 12.5. The molecule has 2 atom stereocenters. The third kappa shape index (κ3) is 3.04. The molecule has 1 heterocycles. The number of nitrogens with one attached hydrogen (secondary N) is 1. The lowest BCUT2D eigenvalue weighted by atomic mass is 9.93. The van der Waals surface area contributed by atoms with Gasteiger partial charge >= 0.3 is 0 Å². The van der Waals surface area contributed by atoms with E-state index in [1.54, 1.807) is 13.4 Å². The van der Waals surface area contributed by atoms with Gasteiger partial charge in [0, 0.05) is 7.11 Å². The van der Waals surface area contributed by atoms with Crippen molar-refractivity contribution in [2.75, 3.05) is 13.7 Å². The van der Waals surface area contributed by atoms with Gasteiger partial charge in [0.25, 0.3) is 0 Å². The van der Waals surface area contributed by atoms with Crippen LogP contribution in [0, 0.1) is 0 Å². The summed E-state index contributed by atoms with van der Waals surface area (Å²) in [6, 6.07) is 0.449. The Balaban J connectivity index is 2.02. The Kier molecular flexibility index (Phi) is 4.50. The lowest BCUT2D eigenvalue weighted by Gasteiger charge is -2.29. The van der Waals surface area contributed by atoms with Crippen LogP contribution in [0.15, 0.2) is 6.33 Å². The molecule has 0 bridgehead atoms. The quantitative estimate of drug-likeness (QED) is 0.845. The Morgan fingerprint density at radius 3 is 3.18 bits per heavy atom. The van der Waals surface area contributed by atoms with E-state index in [0.717, 1.165) is 25.3 Å². The maximum Gasteiger partial charge on any atom is 0.141 e. The molecule has 2 rings (SSSR count). The normalized spacial score (nSPS) is 25.1. The lowest BCUT2D eigenvalue weighted by Crippen LogP contribution is -2.27. The van der Waals surface area contributed by atoms with Crippen molar-refractivity contribution in [1.82, 2.24) is 20.1 Å². The van der Waals surface area contributed by atoms with Crippen LogP contribution in [0.1, 0.15) is 44.5 Å². The molecule has 1 fully saturated rings. The summed E-state index contributed by atoms with van der Waals surface area (Å²) < 4.78 is 7.54. The third-order valence-electron chi connectivity index (χ3n) is 3.46. The highest BCUT2D eigenvalue weighted by Gasteiger charge is 2.25. The molecule has 0 aromatic carbocycles. The lowest BCUT2D eigenvalue weighted by molar-refractivity contribution is 0.0501. The molecule has 96 valence electrons. The molecule has 1 N–H and O–H groups in total. The minimum Gasteiger partial charge on any atom is -0.381 e. The molecule has 1 aliphatic rings. The van der Waals surface area contributed by atoms with Gasteiger partial charge < -0.3 is 10.1 Å². The SMILES string of the molecule is CCNCc1ncnn1C1CCCC(OC)C1. The molecule has 0 radical (unpaired) electrons. The molecule has 1 aliphatic carbocycles. The van der Waals surface area contributed by atoms with E-state index in [1.165, 1.54) is 19.3 Å². The van der Waals surface area contributed by atoms with Crippen LogP contribution >= 0.6 is 0 Å². The van der Waals surface area contributed by atoms with Crippen LogP contribution in [0.5, 0.6) is 0 Å². The summed E-state index contributed by atoms with van der Waals surface area (Å²) in [4.78, 5) is 4.33. The van der Waals surface area contributed by atoms with E-state index in [2.05, 4.69) is 27.0 Å². The minimum atomic E-state index is 0.380. The Labute approximate surface area is 103 Å². The number of aromatic nitrogens is 3. The summed E-state index contributed by atoms with van der Waals surface area (Å²) in [5.41, 5.74) is 0. The first-order chi connectivity index (χ1) is 8.35. The summed E-state index contributed by atoms with van der Waals surface area (Å²) in [5, 5.41) is 7.67. The molecule has 0 aliphatic heterocycles. The van der Waals surface area contributed by atoms with Crippen molar-refractivity contribution in [3.05, 3.63) is 12.2 Å². The van der Waals surface area contributed by atoms with Crippen LogP contribution in [-0.4, -0.2) is 34.5 Å². The van der Waals surface area contributed by atoms with Crippen LogP contribution in [-0.2, 0) is 11.3 Å². The molecule has 1 aromatic heterocycles. The topological polar surface area (TPSA) is 52.0 Å². The highest BCUT2D eigenvalue weighted by Crippen LogP contribution is 2.29. The molecule has 0 amide bonds. The number of hydrogen-bond acceptors (Lipinski definition) is 4. The van der Waals surface area contributed by atoms with Crippen molar-refractivity contribution in [2.24, 2.45) is 0 Å². The van der Waals surface area contributed by atoms with Crippen LogP contribution in [0.25, 0.3) is 0 Å². The second kappa shape index (κ2) is 6.12. The molecule has 1 saturated carbocycles. The van der Waals surface area contributed by atoms with E-state index in [0.29, 0.717) is 12.1 Å². The van der Waals surface area contributed by atoms with Crippen LogP contribution in [0.2, 0.25) is 0 Å². The monoisotopic (exact) mass is 238 g/mol. The molecule has 0 spiro atoms. The van der Waals surface area contributed by atoms with Gasteiger partial charge in [-0.3, -0.25) is 0 Å². The fourth-order valence-electron chi connectivity index (χ4n) is 2.50. The first-order valence-electron chi connectivity index (χ1n) is 6.47. The summed E-state index contributed by atoms with van der Waals surface area (Å²) in [6.07, 6.45) is 6.66. The van der Waals surface area contributed by atoms with E-state index >= 15 is 0 Å². The Morgan fingerprint density at radius 2 is 2.41 bits per heavy atom. The zero-order valence-corrected chi connectivity index (χ0v) is 10.7. The van der Waals surface area contributed by atoms with Crippen LogP contribution in [0.3, 0.4) is 0 Å². The number of rotatable bonds is 5. The summed E-state index contributed by atoms with van der Waals surface area (Å²) >= 11 is 0. The maximum absolute atomic E-state index is 5.46.